The van der Waals surface area contributed by atoms with Crippen molar-refractivity contribution in [3.05, 3.63) is 24.3 Å². The van der Waals surface area contributed by atoms with Gasteiger partial charge in [0, 0.05) is 19.4 Å². The quantitative estimate of drug-likeness (QED) is 0.851. The van der Waals surface area contributed by atoms with Gasteiger partial charge < -0.3 is 20.3 Å². The van der Waals surface area contributed by atoms with Crippen LogP contribution in [0.1, 0.15) is 32.1 Å². The number of carbonyl (C=O) groups is 3. The molecule has 0 spiro atoms. The molecule has 7 nitrogen and oxygen atoms in total. The Labute approximate surface area is 146 Å². The lowest BCUT2D eigenvalue weighted by Crippen LogP contribution is -2.45. The van der Waals surface area contributed by atoms with Crippen molar-refractivity contribution >= 4 is 23.4 Å². The molecule has 25 heavy (non-hydrogen) atoms. The smallest absolute Gasteiger partial charge is 0.242 e. The molecule has 0 radical (unpaired) electrons. The van der Waals surface area contributed by atoms with Crippen LogP contribution in [0.25, 0.3) is 0 Å². The van der Waals surface area contributed by atoms with E-state index in [4.69, 9.17) is 4.74 Å². The zero-order valence-electron chi connectivity index (χ0n) is 14.1. The molecular weight excluding hydrogens is 322 g/mol. The SMILES string of the molecule is O=C(CCC(=O)N1CCOc2ccccc21)N[C@H]1CCCCNC1=O. The van der Waals surface area contributed by atoms with Gasteiger partial charge in [-0.2, -0.15) is 0 Å². The Morgan fingerprint density at radius 3 is 2.96 bits per heavy atom. The minimum atomic E-state index is -0.491. The van der Waals surface area contributed by atoms with Crippen molar-refractivity contribution in [3.63, 3.8) is 0 Å². The second-order valence-corrected chi connectivity index (χ2v) is 6.27. The van der Waals surface area contributed by atoms with Crippen LogP contribution in [-0.4, -0.2) is 43.5 Å². The van der Waals surface area contributed by atoms with E-state index in [0.717, 1.165) is 18.5 Å². The summed E-state index contributed by atoms with van der Waals surface area (Å²) in [6.45, 7) is 1.57. The van der Waals surface area contributed by atoms with Crippen LogP contribution in [0.4, 0.5) is 5.69 Å². The van der Waals surface area contributed by atoms with Gasteiger partial charge in [0.25, 0.3) is 0 Å². The van der Waals surface area contributed by atoms with Crippen LogP contribution in [0.3, 0.4) is 0 Å². The number of amides is 3. The highest BCUT2D eigenvalue weighted by Crippen LogP contribution is 2.31. The topological polar surface area (TPSA) is 87.7 Å². The molecule has 0 unspecified atom stereocenters. The minimum absolute atomic E-state index is 0.0716. The van der Waals surface area contributed by atoms with Crippen molar-refractivity contribution in [2.24, 2.45) is 0 Å². The number of benzene rings is 1. The second-order valence-electron chi connectivity index (χ2n) is 6.27. The summed E-state index contributed by atoms with van der Waals surface area (Å²) in [5.41, 5.74) is 0.738. The Hall–Kier alpha value is -2.57. The van der Waals surface area contributed by atoms with Gasteiger partial charge in [0.15, 0.2) is 0 Å². The van der Waals surface area contributed by atoms with Gasteiger partial charge in [-0.1, -0.05) is 12.1 Å². The van der Waals surface area contributed by atoms with E-state index in [1.54, 1.807) is 4.90 Å². The summed E-state index contributed by atoms with van der Waals surface area (Å²) < 4.78 is 5.54. The third-order valence-corrected chi connectivity index (χ3v) is 4.47. The van der Waals surface area contributed by atoms with Gasteiger partial charge in [-0.25, -0.2) is 0 Å². The van der Waals surface area contributed by atoms with Gasteiger partial charge in [0.05, 0.1) is 12.2 Å². The van der Waals surface area contributed by atoms with Crippen LogP contribution in [0.15, 0.2) is 24.3 Å². The van der Waals surface area contributed by atoms with E-state index in [1.165, 1.54) is 0 Å². The van der Waals surface area contributed by atoms with E-state index in [2.05, 4.69) is 10.6 Å². The summed E-state index contributed by atoms with van der Waals surface area (Å²) in [5, 5.41) is 5.52. The van der Waals surface area contributed by atoms with Crippen molar-refractivity contribution in [2.45, 2.75) is 38.1 Å². The van der Waals surface area contributed by atoms with Crippen molar-refractivity contribution in [1.29, 1.82) is 0 Å². The fourth-order valence-electron chi connectivity index (χ4n) is 3.13. The average molecular weight is 345 g/mol. The summed E-state index contributed by atoms with van der Waals surface area (Å²) in [7, 11) is 0. The van der Waals surface area contributed by atoms with E-state index in [1.807, 2.05) is 24.3 Å². The van der Waals surface area contributed by atoms with E-state index in [0.29, 0.717) is 31.9 Å². The predicted octanol–water partition coefficient (Wildman–Crippen LogP) is 0.977. The number of nitrogens with zero attached hydrogens (tertiary/aromatic N) is 1. The normalized spacial score (nSPS) is 19.9. The molecule has 1 fully saturated rings. The number of para-hydroxylation sites is 2. The maximum absolute atomic E-state index is 12.5. The Bertz CT molecular complexity index is 661. The highest BCUT2D eigenvalue weighted by molar-refractivity contribution is 5.97. The van der Waals surface area contributed by atoms with Crippen LogP contribution >= 0.6 is 0 Å². The lowest BCUT2D eigenvalue weighted by Gasteiger charge is -2.29. The predicted molar refractivity (Wildman–Crippen MR) is 92.3 cm³/mol. The largest absolute Gasteiger partial charge is 0.490 e. The molecule has 0 aromatic heterocycles. The number of fused-ring (bicyclic) bond motifs is 1. The summed E-state index contributed by atoms with van der Waals surface area (Å²) in [4.78, 5) is 38.1. The fraction of sp³-hybridized carbons (Fsp3) is 0.500. The van der Waals surface area contributed by atoms with Crippen LogP contribution in [0.2, 0.25) is 0 Å². The molecule has 3 rings (SSSR count). The van der Waals surface area contributed by atoms with Gasteiger partial charge in [0.1, 0.15) is 18.4 Å². The first-order valence-electron chi connectivity index (χ1n) is 8.74. The number of hydrogen-bond donors (Lipinski definition) is 2. The standard InChI is InChI=1S/C18H23N3O4/c22-16(20-13-5-3-4-10-19-18(13)24)8-9-17(23)21-11-12-25-15-7-2-1-6-14(15)21/h1-2,6-7,13H,3-5,8-12H2,(H,19,24)(H,20,22)/t13-/m0/s1. The maximum atomic E-state index is 12.5. The Balaban J connectivity index is 1.52. The second kappa shape index (κ2) is 8.00. The number of carbonyl (C=O) groups excluding carboxylic acids is 3. The summed E-state index contributed by atoms with van der Waals surface area (Å²) in [6.07, 6.45) is 2.64. The van der Waals surface area contributed by atoms with E-state index in [-0.39, 0.29) is 30.6 Å². The van der Waals surface area contributed by atoms with Gasteiger partial charge in [-0.3, -0.25) is 14.4 Å². The van der Waals surface area contributed by atoms with Crippen LogP contribution < -0.4 is 20.3 Å². The van der Waals surface area contributed by atoms with E-state index >= 15 is 0 Å². The summed E-state index contributed by atoms with van der Waals surface area (Å²) >= 11 is 0. The molecule has 3 amide bonds. The lowest BCUT2D eigenvalue weighted by molar-refractivity contribution is -0.129. The van der Waals surface area contributed by atoms with E-state index < -0.39 is 6.04 Å². The molecule has 2 heterocycles. The first kappa shape index (κ1) is 17.3. The van der Waals surface area contributed by atoms with Crippen molar-refractivity contribution in [3.8, 4) is 5.75 Å². The molecule has 1 saturated heterocycles. The molecule has 2 aliphatic heterocycles. The summed E-state index contributed by atoms with van der Waals surface area (Å²) in [5.74, 6) is 0.161. The molecular formula is C18H23N3O4. The molecule has 7 heteroatoms. The first-order chi connectivity index (χ1) is 12.1. The molecule has 1 atom stereocenters. The fourth-order valence-corrected chi connectivity index (χ4v) is 3.13. The monoisotopic (exact) mass is 345 g/mol. The highest BCUT2D eigenvalue weighted by atomic mass is 16.5. The lowest BCUT2D eigenvalue weighted by atomic mass is 10.1. The number of rotatable bonds is 4. The Kier molecular flexibility index (Phi) is 5.53. The number of hydrogen-bond acceptors (Lipinski definition) is 4. The minimum Gasteiger partial charge on any atom is -0.490 e. The van der Waals surface area contributed by atoms with Gasteiger partial charge >= 0.3 is 0 Å². The average Bonchev–Trinajstić information content (AvgIpc) is 2.83. The molecule has 2 aliphatic rings. The third kappa shape index (κ3) is 4.29. The molecule has 0 bridgehead atoms. The van der Waals surface area contributed by atoms with Crippen LogP contribution in [0, 0.1) is 0 Å². The van der Waals surface area contributed by atoms with Gasteiger partial charge in [-0.15, -0.1) is 0 Å². The van der Waals surface area contributed by atoms with Crippen LogP contribution in [0.5, 0.6) is 5.75 Å². The molecule has 0 saturated carbocycles. The molecule has 134 valence electrons. The van der Waals surface area contributed by atoms with Gasteiger partial charge in [-0.05, 0) is 31.4 Å². The first-order valence-corrected chi connectivity index (χ1v) is 8.74. The van der Waals surface area contributed by atoms with Crippen LogP contribution in [-0.2, 0) is 14.4 Å². The van der Waals surface area contributed by atoms with E-state index in [9.17, 15) is 14.4 Å². The Morgan fingerprint density at radius 2 is 2.08 bits per heavy atom. The van der Waals surface area contributed by atoms with Crippen molar-refractivity contribution in [1.82, 2.24) is 10.6 Å². The molecule has 2 N–H and O–H groups in total. The molecule has 0 aliphatic carbocycles. The van der Waals surface area contributed by atoms with Crippen molar-refractivity contribution in [2.75, 3.05) is 24.6 Å². The Morgan fingerprint density at radius 1 is 1.24 bits per heavy atom. The number of ether oxygens (including phenoxy) is 1. The molecule has 1 aromatic carbocycles. The molecule has 1 aromatic rings. The maximum Gasteiger partial charge on any atom is 0.242 e. The van der Waals surface area contributed by atoms with Crippen molar-refractivity contribution < 1.29 is 19.1 Å². The third-order valence-electron chi connectivity index (χ3n) is 4.47. The summed E-state index contributed by atoms with van der Waals surface area (Å²) in [6, 6.07) is 6.88. The number of anilines is 1. The highest BCUT2D eigenvalue weighted by Gasteiger charge is 2.25. The zero-order chi connectivity index (χ0) is 17.6. The zero-order valence-corrected chi connectivity index (χ0v) is 14.1. The number of nitrogens with one attached hydrogen (secondary N) is 2. The van der Waals surface area contributed by atoms with Gasteiger partial charge in [0.2, 0.25) is 17.7 Å².